The summed E-state index contributed by atoms with van der Waals surface area (Å²) in [5, 5.41) is 0. The highest BCUT2D eigenvalue weighted by molar-refractivity contribution is 5.47. The highest BCUT2D eigenvalue weighted by Gasteiger charge is 2.19. The van der Waals surface area contributed by atoms with E-state index in [1.807, 2.05) is 0 Å². The zero-order chi connectivity index (χ0) is 13.0. The van der Waals surface area contributed by atoms with Gasteiger partial charge in [0.15, 0.2) is 0 Å². The van der Waals surface area contributed by atoms with Gasteiger partial charge in [-0.2, -0.15) is 0 Å². The Morgan fingerprint density at radius 1 is 1.33 bits per heavy atom. The fourth-order valence-corrected chi connectivity index (χ4v) is 2.41. The van der Waals surface area contributed by atoms with E-state index in [1.165, 1.54) is 18.7 Å². The summed E-state index contributed by atoms with van der Waals surface area (Å²) in [6, 6.07) is 1.49. The molecule has 0 amide bonds. The fraction of sp³-hybridized carbons (Fsp3) is 0.615. The number of anilines is 1. The smallest absolute Gasteiger partial charge is 0.141 e. The number of piperazine rings is 1. The first-order valence-electron chi connectivity index (χ1n) is 6.56. The maximum Gasteiger partial charge on any atom is 0.141 e. The molecule has 0 radical (unpaired) electrons. The molecule has 4 nitrogen and oxygen atoms in total. The van der Waals surface area contributed by atoms with Crippen LogP contribution in [0.1, 0.15) is 18.9 Å². The van der Waals surface area contributed by atoms with Crippen LogP contribution in [0.2, 0.25) is 0 Å². The molecule has 0 atom stereocenters. The number of aromatic nitrogens is 1. The predicted molar refractivity (Wildman–Crippen MR) is 71.0 cm³/mol. The second kappa shape index (κ2) is 6.11. The molecule has 0 aromatic carbocycles. The Morgan fingerprint density at radius 3 is 2.67 bits per heavy atom. The van der Waals surface area contributed by atoms with Gasteiger partial charge in [-0.1, -0.05) is 6.92 Å². The summed E-state index contributed by atoms with van der Waals surface area (Å²) in [5.41, 5.74) is 6.45. The monoisotopic (exact) mass is 252 g/mol. The Morgan fingerprint density at radius 2 is 2.06 bits per heavy atom. The third kappa shape index (κ3) is 2.97. The predicted octanol–water partition coefficient (Wildman–Crippen LogP) is 1.21. The lowest BCUT2D eigenvalue weighted by Crippen LogP contribution is -2.47. The van der Waals surface area contributed by atoms with Crippen LogP contribution < -0.4 is 10.6 Å². The van der Waals surface area contributed by atoms with Crippen LogP contribution in [0.3, 0.4) is 0 Å². The van der Waals surface area contributed by atoms with E-state index >= 15 is 0 Å². The van der Waals surface area contributed by atoms with E-state index in [-0.39, 0.29) is 5.82 Å². The quantitative estimate of drug-likeness (QED) is 0.875. The number of hydrogen-bond donors (Lipinski definition) is 1. The maximum atomic E-state index is 13.1. The minimum atomic E-state index is -0.316. The van der Waals surface area contributed by atoms with Crippen molar-refractivity contribution in [2.24, 2.45) is 5.73 Å². The van der Waals surface area contributed by atoms with Crippen LogP contribution in [0.5, 0.6) is 0 Å². The van der Waals surface area contributed by atoms with Crippen molar-refractivity contribution in [1.29, 1.82) is 0 Å². The second-order valence-electron chi connectivity index (χ2n) is 4.67. The van der Waals surface area contributed by atoms with E-state index in [0.717, 1.165) is 44.1 Å². The molecule has 1 aromatic heterocycles. The van der Waals surface area contributed by atoms with Crippen molar-refractivity contribution in [3.05, 3.63) is 23.6 Å². The van der Waals surface area contributed by atoms with Gasteiger partial charge < -0.3 is 10.6 Å². The number of pyridine rings is 1. The van der Waals surface area contributed by atoms with E-state index in [0.29, 0.717) is 6.54 Å². The van der Waals surface area contributed by atoms with Crippen LogP contribution in [0.15, 0.2) is 12.3 Å². The summed E-state index contributed by atoms with van der Waals surface area (Å²) in [5.74, 6) is 0.527. The van der Waals surface area contributed by atoms with Crippen LogP contribution >= 0.6 is 0 Å². The number of nitrogens with two attached hydrogens (primary N) is 1. The van der Waals surface area contributed by atoms with Crippen molar-refractivity contribution >= 4 is 5.82 Å². The van der Waals surface area contributed by atoms with Crippen molar-refractivity contribution < 1.29 is 4.39 Å². The van der Waals surface area contributed by atoms with Gasteiger partial charge in [-0.15, -0.1) is 0 Å². The highest BCUT2D eigenvalue weighted by atomic mass is 19.1. The average molecular weight is 252 g/mol. The van der Waals surface area contributed by atoms with Gasteiger partial charge in [-0.25, -0.2) is 9.37 Å². The molecule has 0 bridgehead atoms. The first kappa shape index (κ1) is 13.2. The fourth-order valence-electron chi connectivity index (χ4n) is 2.41. The molecule has 5 heteroatoms. The van der Waals surface area contributed by atoms with Crippen molar-refractivity contribution in [1.82, 2.24) is 9.88 Å². The van der Waals surface area contributed by atoms with Gasteiger partial charge in [-0.05, 0) is 19.0 Å². The molecule has 2 N–H and O–H groups in total. The molecule has 1 fully saturated rings. The van der Waals surface area contributed by atoms with Gasteiger partial charge in [0.25, 0.3) is 0 Å². The second-order valence-corrected chi connectivity index (χ2v) is 4.67. The largest absolute Gasteiger partial charge is 0.354 e. The van der Waals surface area contributed by atoms with Gasteiger partial charge in [0.05, 0.1) is 6.20 Å². The minimum absolute atomic E-state index is 0.316. The molecule has 2 heterocycles. The van der Waals surface area contributed by atoms with Crippen molar-refractivity contribution in [2.45, 2.75) is 19.9 Å². The molecule has 100 valence electrons. The summed E-state index contributed by atoms with van der Waals surface area (Å²) in [6.07, 6.45) is 2.45. The standard InChI is InChI=1S/C13H21FN4/c1-2-3-17-4-6-18(7-5-17)13-11(9-15)8-12(14)10-16-13/h8,10H,2-7,9,15H2,1H3. The topological polar surface area (TPSA) is 45.4 Å². The molecule has 1 aromatic rings. The first-order chi connectivity index (χ1) is 8.74. The molecule has 1 aliphatic heterocycles. The third-order valence-corrected chi connectivity index (χ3v) is 3.34. The van der Waals surface area contributed by atoms with Crippen molar-refractivity contribution in [3.8, 4) is 0 Å². The first-order valence-corrected chi connectivity index (χ1v) is 6.56. The molecule has 0 spiro atoms. The maximum absolute atomic E-state index is 13.1. The van der Waals surface area contributed by atoms with E-state index in [9.17, 15) is 4.39 Å². The molecule has 1 aliphatic rings. The van der Waals surface area contributed by atoms with Crippen LogP contribution in [0.25, 0.3) is 0 Å². The van der Waals surface area contributed by atoms with E-state index in [1.54, 1.807) is 0 Å². The Hall–Kier alpha value is -1.20. The lowest BCUT2D eigenvalue weighted by atomic mass is 10.2. The van der Waals surface area contributed by atoms with Crippen molar-refractivity contribution in [2.75, 3.05) is 37.6 Å². The number of nitrogens with zero attached hydrogens (tertiary/aromatic N) is 3. The number of rotatable bonds is 4. The Kier molecular flexibility index (Phi) is 4.49. The number of halogens is 1. The highest BCUT2D eigenvalue weighted by Crippen LogP contribution is 2.19. The summed E-state index contributed by atoms with van der Waals surface area (Å²) in [6.45, 7) is 7.62. The lowest BCUT2D eigenvalue weighted by Gasteiger charge is -2.36. The van der Waals surface area contributed by atoms with Gasteiger partial charge in [0.1, 0.15) is 11.6 Å². The lowest BCUT2D eigenvalue weighted by molar-refractivity contribution is 0.258. The van der Waals surface area contributed by atoms with Gasteiger partial charge >= 0.3 is 0 Å². The Bertz CT molecular complexity index is 389. The summed E-state index contributed by atoms with van der Waals surface area (Å²) >= 11 is 0. The van der Waals surface area contributed by atoms with Crippen LogP contribution in [0.4, 0.5) is 10.2 Å². The van der Waals surface area contributed by atoms with Gasteiger partial charge in [0, 0.05) is 38.3 Å². The zero-order valence-corrected chi connectivity index (χ0v) is 10.9. The van der Waals surface area contributed by atoms with E-state index < -0.39 is 0 Å². The molecule has 0 aliphatic carbocycles. The zero-order valence-electron chi connectivity index (χ0n) is 10.9. The summed E-state index contributed by atoms with van der Waals surface area (Å²) < 4.78 is 13.1. The van der Waals surface area contributed by atoms with Crippen molar-refractivity contribution in [3.63, 3.8) is 0 Å². The van der Waals surface area contributed by atoms with E-state index in [4.69, 9.17) is 5.73 Å². The van der Waals surface area contributed by atoms with Gasteiger partial charge in [0.2, 0.25) is 0 Å². The average Bonchev–Trinajstić information content (AvgIpc) is 2.40. The molecule has 0 saturated carbocycles. The van der Waals surface area contributed by atoms with Crippen LogP contribution in [0, 0.1) is 5.82 Å². The Balaban J connectivity index is 2.05. The van der Waals surface area contributed by atoms with Crippen LogP contribution in [-0.4, -0.2) is 42.6 Å². The Labute approximate surface area is 108 Å². The minimum Gasteiger partial charge on any atom is -0.354 e. The molecular formula is C13H21FN4. The summed E-state index contributed by atoms with van der Waals surface area (Å²) in [7, 11) is 0. The molecule has 1 saturated heterocycles. The van der Waals surface area contributed by atoms with Crippen LogP contribution in [-0.2, 0) is 6.54 Å². The third-order valence-electron chi connectivity index (χ3n) is 3.34. The van der Waals surface area contributed by atoms with E-state index in [2.05, 4.69) is 21.7 Å². The molecule has 18 heavy (non-hydrogen) atoms. The van der Waals surface area contributed by atoms with Gasteiger partial charge in [-0.3, -0.25) is 4.90 Å². The molecule has 0 unspecified atom stereocenters. The molecule has 2 rings (SSSR count). The summed E-state index contributed by atoms with van der Waals surface area (Å²) in [4.78, 5) is 8.84. The number of hydrogen-bond acceptors (Lipinski definition) is 4. The normalized spacial score (nSPS) is 17.2. The SMILES string of the molecule is CCCN1CCN(c2ncc(F)cc2CN)CC1. The molecular weight excluding hydrogens is 231 g/mol.